The fourth-order valence-corrected chi connectivity index (χ4v) is 2.00. The molecule has 0 spiro atoms. The summed E-state index contributed by atoms with van der Waals surface area (Å²) < 4.78 is 0. The lowest BCUT2D eigenvalue weighted by molar-refractivity contribution is 0.386. The first-order chi connectivity index (χ1) is 6.22. The molecule has 0 aromatic rings. The summed E-state index contributed by atoms with van der Waals surface area (Å²) in [5.41, 5.74) is 0. The highest BCUT2D eigenvalue weighted by Gasteiger charge is 2.08. The normalized spacial score (nSPS) is 13.6. The van der Waals surface area contributed by atoms with Gasteiger partial charge in [0, 0.05) is 6.04 Å². The van der Waals surface area contributed by atoms with E-state index in [1.807, 2.05) is 11.8 Å². The third-order valence-electron chi connectivity index (χ3n) is 2.43. The SMILES string of the molecule is CCC(NCCCCSC)C(C)C. The van der Waals surface area contributed by atoms with Crippen LogP contribution in [-0.4, -0.2) is 24.6 Å². The Kier molecular flexibility index (Phi) is 9.10. The lowest BCUT2D eigenvalue weighted by Gasteiger charge is -2.20. The van der Waals surface area contributed by atoms with E-state index in [1.54, 1.807) is 0 Å². The molecule has 0 aliphatic carbocycles. The smallest absolute Gasteiger partial charge is 0.00874 e. The molecule has 0 heterocycles. The monoisotopic (exact) mass is 203 g/mol. The molecular formula is C11H25NS. The minimum absolute atomic E-state index is 0.717. The third kappa shape index (κ3) is 7.39. The molecule has 0 fully saturated rings. The maximum atomic E-state index is 3.62. The maximum Gasteiger partial charge on any atom is 0.00874 e. The van der Waals surface area contributed by atoms with Crippen LogP contribution in [0.4, 0.5) is 0 Å². The standard InChI is InChI=1S/C11H25NS/c1-5-11(10(2)3)12-8-6-7-9-13-4/h10-12H,5-9H2,1-4H3. The van der Waals surface area contributed by atoms with Crippen molar-refractivity contribution in [1.29, 1.82) is 0 Å². The first kappa shape index (κ1) is 13.3. The lowest BCUT2D eigenvalue weighted by atomic mass is 10.0. The molecule has 1 nitrogen and oxygen atoms in total. The van der Waals surface area contributed by atoms with E-state index in [9.17, 15) is 0 Å². The van der Waals surface area contributed by atoms with Crippen LogP contribution in [0.5, 0.6) is 0 Å². The first-order valence-electron chi connectivity index (χ1n) is 5.44. The van der Waals surface area contributed by atoms with E-state index in [0.29, 0.717) is 6.04 Å². The summed E-state index contributed by atoms with van der Waals surface area (Å²) in [4.78, 5) is 0. The molecule has 0 saturated carbocycles. The fraction of sp³-hybridized carbons (Fsp3) is 1.00. The Hall–Kier alpha value is 0.310. The topological polar surface area (TPSA) is 12.0 Å². The van der Waals surface area contributed by atoms with Crippen LogP contribution >= 0.6 is 11.8 Å². The molecule has 0 aromatic carbocycles. The highest BCUT2D eigenvalue weighted by molar-refractivity contribution is 7.98. The summed E-state index contributed by atoms with van der Waals surface area (Å²) in [5.74, 6) is 2.07. The second-order valence-electron chi connectivity index (χ2n) is 3.91. The van der Waals surface area contributed by atoms with Gasteiger partial charge in [-0.25, -0.2) is 0 Å². The summed E-state index contributed by atoms with van der Waals surface area (Å²) in [6.45, 7) is 8.04. The van der Waals surface area contributed by atoms with Gasteiger partial charge in [0.25, 0.3) is 0 Å². The van der Waals surface area contributed by atoms with Gasteiger partial charge in [-0.1, -0.05) is 20.8 Å². The molecule has 2 heteroatoms. The van der Waals surface area contributed by atoms with E-state index in [-0.39, 0.29) is 0 Å². The van der Waals surface area contributed by atoms with Crippen molar-refractivity contribution < 1.29 is 0 Å². The van der Waals surface area contributed by atoms with Crippen LogP contribution in [0.3, 0.4) is 0 Å². The van der Waals surface area contributed by atoms with Crippen LogP contribution in [0, 0.1) is 5.92 Å². The Morgan fingerprint density at radius 3 is 2.38 bits per heavy atom. The molecule has 0 bridgehead atoms. The van der Waals surface area contributed by atoms with Crippen LogP contribution in [0.2, 0.25) is 0 Å². The van der Waals surface area contributed by atoms with Crippen molar-refractivity contribution >= 4 is 11.8 Å². The van der Waals surface area contributed by atoms with Crippen molar-refractivity contribution in [2.45, 2.75) is 46.1 Å². The van der Waals surface area contributed by atoms with Gasteiger partial charge in [0.05, 0.1) is 0 Å². The van der Waals surface area contributed by atoms with Crippen molar-refractivity contribution in [2.24, 2.45) is 5.92 Å². The van der Waals surface area contributed by atoms with Crippen LogP contribution < -0.4 is 5.32 Å². The van der Waals surface area contributed by atoms with E-state index in [4.69, 9.17) is 0 Å². The van der Waals surface area contributed by atoms with Gasteiger partial charge >= 0.3 is 0 Å². The third-order valence-corrected chi connectivity index (χ3v) is 3.12. The van der Waals surface area contributed by atoms with Crippen molar-refractivity contribution in [3.63, 3.8) is 0 Å². The largest absolute Gasteiger partial charge is 0.314 e. The molecule has 0 amide bonds. The van der Waals surface area contributed by atoms with Crippen LogP contribution in [0.25, 0.3) is 0 Å². The number of thioether (sulfide) groups is 1. The Labute approximate surface area is 88.1 Å². The van der Waals surface area contributed by atoms with Gasteiger partial charge in [-0.3, -0.25) is 0 Å². The molecule has 0 aliphatic rings. The molecular weight excluding hydrogens is 178 g/mol. The van der Waals surface area contributed by atoms with Crippen LogP contribution in [-0.2, 0) is 0 Å². The number of unbranched alkanes of at least 4 members (excludes halogenated alkanes) is 1. The minimum Gasteiger partial charge on any atom is -0.314 e. The second kappa shape index (κ2) is 8.89. The summed E-state index contributed by atoms with van der Waals surface area (Å²) >= 11 is 1.94. The highest BCUT2D eigenvalue weighted by Crippen LogP contribution is 2.05. The zero-order valence-electron chi connectivity index (χ0n) is 9.60. The molecule has 0 radical (unpaired) electrons. The summed E-state index contributed by atoms with van der Waals surface area (Å²) in [6.07, 6.45) is 6.10. The van der Waals surface area contributed by atoms with E-state index in [0.717, 1.165) is 5.92 Å². The molecule has 80 valence electrons. The van der Waals surface area contributed by atoms with Crippen molar-refractivity contribution in [2.75, 3.05) is 18.6 Å². The highest BCUT2D eigenvalue weighted by atomic mass is 32.2. The van der Waals surface area contributed by atoms with Crippen LogP contribution in [0.1, 0.15) is 40.0 Å². The van der Waals surface area contributed by atoms with Gasteiger partial charge in [0.15, 0.2) is 0 Å². The van der Waals surface area contributed by atoms with Gasteiger partial charge in [-0.2, -0.15) is 11.8 Å². The molecule has 0 aliphatic heterocycles. The molecule has 1 N–H and O–H groups in total. The van der Waals surface area contributed by atoms with Gasteiger partial charge in [-0.15, -0.1) is 0 Å². The number of nitrogens with one attached hydrogen (secondary N) is 1. The number of hydrogen-bond donors (Lipinski definition) is 1. The van der Waals surface area contributed by atoms with E-state index < -0.39 is 0 Å². The van der Waals surface area contributed by atoms with Gasteiger partial charge in [0.2, 0.25) is 0 Å². The summed E-state index contributed by atoms with van der Waals surface area (Å²) in [5, 5.41) is 3.62. The summed E-state index contributed by atoms with van der Waals surface area (Å²) in [7, 11) is 0. The predicted octanol–water partition coefficient (Wildman–Crippen LogP) is 3.15. The molecule has 13 heavy (non-hydrogen) atoms. The fourth-order valence-electron chi connectivity index (χ4n) is 1.51. The van der Waals surface area contributed by atoms with E-state index in [1.165, 1.54) is 31.6 Å². The average Bonchev–Trinajstić information content (AvgIpc) is 2.10. The van der Waals surface area contributed by atoms with Gasteiger partial charge in [0.1, 0.15) is 0 Å². The average molecular weight is 203 g/mol. The molecule has 1 unspecified atom stereocenters. The quantitative estimate of drug-likeness (QED) is 0.608. The molecule has 0 aromatic heterocycles. The summed E-state index contributed by atoms with van der Waals surface area (Å²) in [6, 6.07) is 0.717. The molecule has 1 atom stereocenters. The van der Waals surface area contributed by atoms with Gasteiger partial charge < -0.3 is 5.32 Å². The Balaban J connectivity index is 3.28. The Morgan fingerprint density at radius 2 is 1.92 bits per heavy atom. The van der Waals surface area contributed by atoms with Crippen molar-refractivity contribution in [1.82, 2.24) is 5.32 Å². The predicted molar refractivity (Wildman–Crippen MR) is 64.5 cm³/mol. The lowest BCUT2D eigenvalue weighted by Crippen LogP contribution is -2.33. The molecule has 0 rings (SSSR count). The zero-order valence-corrected chi connectivity index (χ0v) is 10.4. The first-order valence-corrected chi connectivity index (χ1v) is 6.84. The van der Waals surface area contributed by atoms with Gasteiger partial charge in [-0.05, 0) is 43.7 Å². The van der Waals surface area contributed by atoms with Crippen LogP contribution in [0.15, 0.2) is 0 Å². The Bertz CT molecular complexity index is 104. The van der Waals surface area contributed by atoms with E-state index in [2.05, 4.69) is 32.3 Å². The maximum absolute atomic E-state index is 3.62. The molecule has 0 saturated heterocycles. The zero-order chi connectivity index (χ0) is 10.1. The Morgan fingerprint density at radius 1 is 1.23 bits per heavy atom. The van der Waals surface area contributed by atoms with Crippen molar-refractivity contribution in [3.05, 3.63) is 0 Å². The second-order valence-corrected chi connectivity index (χ2v) is 4.90. The van der Waals surface area contributed by atoms with Crippen molar-refractivity contribution in [3.8, 4) is 0 Å². The number of hydrogen-bond acceptors (Lipinski definition) is 2. The van der Waals surface area contributed by atoms with E-state index >= 15 is 0 Å². The minimum atomic E-state index is 0.717. The number of rotatable bonds is 8.